The number of nitrogens with one attached hydrogen (secondary N) is 1. The molecule has 0 aromatic carbocycles. The van der Waals surface area contributed by atoms with Crippen LogP contribution in [0.25, 0.3) is 0 Å². The van der Waals surface area contributed by atoms with Gasteiger partial charge < -0.3 is 15.8 Å². The average molecular weight is 252 g/mol. The summed E-state index contributed by atoms with van der Waals surface area (Å²) >= 11 is 0. The standard InChI is InChI=1S/C12H20N4O2/c1-11(2,3)18-10(17)16-12(4,5)9-14-6-8(13)7-15-9/h6-7H,13H2,1-5H3,(H,16,17). The summed E-state index contributed by atoms with van der Waals surface area (Å²) in [5, 5.41) is 2.72. The van der Waals surface area contributed by atoms with Crippen LogP contribution < -0.4 is 11.1 Å². The molecule has 1 amide bonds. The molecule has 100 valence electrons. The van der Waals surface area contributed by atoms with Gasteiger partial charge in [0.2, 0.25) is 0 Å². The van der Waals surface area contributed by atoms with Crippen LogP contribution >= 0.6 is 0 Å². The van der Waals surface area contributed by atoms with Gasteiger partial charge in [0.1, 0.15) is 5.60 Å². The highest BCUT2D eigenvalue weighted by atomic mass is 16.6. The lowest BCUT2D eigenvalue weighted by atomic mass is 10.1. The van der Waals surface area contributed by atoms with Gasteiger partial charge in [-0.1, -0.05) is 0 Å². The molecule has 1 heterocycles. The summed E-state index contributed by atoms with van der Waals surface area (Å²) in [5.74, 6) is 0.475. The normalized spacial score (nSPS) is 12.1. The zero-order valence-electron chi connectivity index (χ0n) is 11.4. The second-order valence-corrected chi connectivity index (χ2v) is 5.59. The van der Waals surface area contributed by atoms with Crippen molar-refractivity contribution in [2.75, 3.05) is 5.73 Å². The van der Waals surface area contributed by atoms with Crippen molar-refractivity contribution in [3.8, 4) is 0 Å². The molecule has 0 fully saturated rings. The highest BCUT2D eigenvalue weighted by Gasteiger charge is 2.28. The van der Waals surface area contributed by atoms with E-state index in [1.165, 1.54) is 12.4 Å². The first-order chi connectivity index (χ1) is 8.10. The minimum atomic E-state index is -0.726. The minimum absolute atomic E-state index is 0.475. The number of hydrogen-bond donors (Lipinski definition) is 2. The predicted octanol–water partition coefficient (Wildman–Crippen LogP) is 1.82. The van der Waals surface area contributed by atoms with E-state index in [9.17, 15) is 4.79 Å². The van der Waals surface area contributed by atoms with E-state index in [0.717, 1.165) is 0 Å². The number of rotatable bonds is 2. The van der Waals surface area contributed by atoms with Gasteiger partial charge in [0.05, 0.1) is 23.6 Å². The fourth-order valence-corrected chi connectivity index (χ4v) is 1.28. The molecule has 1 rings (SSSR count). The second kappa shape index (κ2) is 4.80. The van der Waals surface area contributed by atoms with Gasteiger partial charge >= 0.3 is 6.09 Å². The van der Waals surface area contributed by atoms with Crippen molar-refractivity contribution in [2.45, 2.75) is 45.8 Å². The SMILES string of the molecule is CC(C)(C)OC(=O)NC(C)(C)c1ncc(N)cn1. The Hall–Kier alpha value is -1.85. The van der Waals surface area contributed by atoms with E-state index < -0.39 is 17.2 Å². The number of anilines is 1. The van der Waals surface area contributed by atoms with Crippen LogP contribution in [0, 0.1) is 0 Å². The zero-order chi connectivity index (χ0) is 14.0. The predicted molar refractivity (Wildman–Crippen MR) is 68.8 cm³/mol. The number of nitrogens with zero attached hydrogens (tertiary/aromatic N) is 2. The number of nitrogen functional groups attached to an aromatic ring is 1. The van der Waals surface area contributed by atoms with Gasteiger partial charge in [-0.15, -0.1) is 0 Å². The first-order valence-electron chi connectivity index (χ1n) is 5.69. The van der Waals surface area contributed by atoms with E-state index in [1.54, 1.807) is 34.6 Å². The fourth-order valence-electron chi connectivity index (χ4n) is 1.28. The van der Waals surface area contributed by atoms with Crippen LogP contribution in [0.4, 0.5) is 10.5 Å². The molecule has 1 aromatic rings. The van der Waals surface area contributed by atoms with E-state index in [2.05, 4.69) is 15.3 Å². The number of aromatic nitrogens is 2. The Balaban J connectivity index is 2.75. The molecule has 18 heavy (non-hydrogen) atoms. The summed E-state index contributed by atoms with van der Waals surface area (Å²) in [6.45, 7) is 9.00. The van der Waals surface area contributed by atoms with Crippen molar-refractivity contribution in [2.24, 2.45) is 0 Å². The van der Waals surface area contributed by atoms with Crippen LogP contribution in [0.15, 0.2) is 12.4 Å². The summed E-state index contributed by atoms with van der Waals surface area (Å²) in [6.07, 6.45) is 2.50. The van der Waals surface area contributed by atoms with Crippen molar-refractivity contribution >= 4 is 11.8 Å². The van der Waals surface area contributed by atoms with Gasteiger partial charge in [0, 0.05) is 0 Å². The zero-order valence-corrected chi connectivity index (χ0v) is 11.4. The Morgan fingerprint density at radius 1 is 1.22 bits per heavy atom. The molecular formula is C12H20N4O2. The van der Waals surface area contributed by atoms with Crippen molar-refractivity contribution < 1.29 is 9.53 Å². The lowest BCUT2D eigenvalue weighted by molar-refractivity contribution is 0.0466. The number of carbonyl (C=O) groups excluding carboxylic acids is 1. The molecular weight excluding hydrogens is 232 g/mol. The monoisotopic (exact) mass is 252 g/mol. The molecule has 6 nitrogen and oxygen atoms in total. The maximum atomic E-state index is 11.7. The Morgan fingerprint density at radius 3 is 2.17 bits per heavy atom. The molecule has 0 saturated carbocycles. The van der Waals surface area contributed by atoms with Gasteiger partial charge in [-0.05, 0) is 34.6 Å². The third-order valence-electron chi connectivity index (χ3n) is 2.04. The molecule has 0 aliphatic carbocycles. The number of hydrogen-bond acceptors (Lipinski definition) is 5. The Morgan fingerprint density at radius 2 is 1.72 bits per heavy atom. The lowest BCUT2D eigenvalue weighted by Gasteiger charge is -2.27. The molecule has 0 radical (unpaired) electrons. The maximum Gasteiger partial charge on any atom is 0.408 e. The third kappa shape index (κ3) is 4.20. The van der Waals surface area contributed by atoms with Crippen molar-refractivity contribution in [1.29, 1.82) is 0 Å². The van der Waals surface area contributed by atoms with Crippen LogP contribution in [0.5, 0.6) is 0 Å². The molecule has 0 spiro atoms. The van der Waals surface area contributed by atoms with Gasteiger partial charge in [-0.2, -0.15) is 0 Å². The second-order valence-electron chi connectivity index (χ2n) is 5.59. The van der Waals surface area contributed by atoms with Crippen LogP contribution in [-0.2, 0) is 10.3 Å². The lowest BCUT2D eigenvalue weighted by Crippen LogP contribution is -2.44. The van der Waals surface area contributed by atoms with E-state index in [0.29, 0.717) is 11.5 Å². The van der Waals surface area contributed by atoms with Crippen molar-refractivity contribution in [3.05, 3.63) is 18.2 Å². The molecule has 0 aliphatic rings. The number of alkyl carbamates (subject to hydrolysis) is 1. The molecule has 0 bridgehead atoms. The third-order valence-corrected chi connectivity index (χ3v) is 2.04. The fraction of sp³-hybridized carbons (Fsp3) is 0.583. The van der Waals surface area contributed by atoms with Gasteiger partial charge in [0.15, 0.2) is 5.82 Å². The summed E-state index contributed by atoms with van der Waals surface area (Å²) in [4.78, 5) is 19.9. The summed E-state index contributed by atoms with van der Waals surface area (Å²) in [5.41, 5.74) is 4.73. The Labute approximate surface area is 107 Å². The molecule has 1 aromatic heterocycles. The molecule has 3 N–H and O–H groups in total. The quantitative estimate of drug-likeness (QED) is 0.837. The molecule has 0 aliphatic heterocycles. The number of amides is 1. The van der Waals surface area contributed by atoms with Gasteiger partial charge in [0.25, 0.3) is 0 Å². The average Bonchev–Trinajstić information content (AvgIpc) is 2.13. The topological polar surface area (TPSA) is 90.1 Å². The van der Waals surface area contributed by atoms with E-state index >= 15 is 0 Å². The smallest absolute Gasteiger partial charge is 0.408 e. The van der Waals surface area contributed by atoms with Gasteiger partial charge in [-0.3, -0.25) is 0 Å². The molecule has 0 atom stereocenters. The molecule has 0 unspecified atom stereocenters. The van der Waals surface area contributed by atoms with E-state index in [4.69, 9.17) is 10.5 Å². The number of ether oxygens (including phenoxy) is 1. The van der Waals surface area contributed by atoms with Crippen molar-refractivity contribution in [3.63, 3.8) is 0 Å². The van der Waals surface area contributed by atoms with Crippen LogP contribution in [0.2, 0.25) is 0 Å². The Kier molecular flexibility index (Phi) is 3.79. The first kappa shape index (κ1) is 14.2. The minimum Gasteiger partial charge on any atom is -0.444 e. The highest BCUT2D eigenvalue weighted by molar-refractivity contribution is 5.68. The first-order valence-corrected chi connectivity index (χ1v) is 5.69. The summed E-state index contributed by atoms with van der Waals surface area (Å²) < 4.78 is 5.19. The van der Waals surface area contributed by atoms with Gasteiger partial charge in [-0.25, -0.2) is 14.8 Å². The molecule has 6 heteroatoms. The van der Waals surface area contributed by atoms with Crippen molar-refractivity contribution in [1.82, 2.24) is 15.3 Å². The van der Waals surface area contributed by atoms with Crippen LogP contribution in [0.3, 0.4) is 0 Å². The van der Waals surface area contributed by atoms with E-state index in [-0.39, 0.29) is 0 Å². The van der Waals surface area contributed by atoms with Crippen LogP contribution in [0.1, 0.15) is 40.4 Å². The summed E-state index contributed by atoms with van der Waals surface area (Å²) in [6, 6.07) is 0. The molecule has 0 saturated heterocycles. The summed E-state index contributed by atoms with van der Waals surface area (Å²) in [7, 11) is 0. The maximum absolute atomic E-state index is 11.7. The number of carbonyl (C=O) groups is 1. The number of nitrogens with two attached hydrogens (primary N) is 1. The highest BCUT2D eigenvalue weighted by Crippen LogP contribution is 2.17. The van der Waals surface area contributed by atoms with E-state index in [1.807, 2.05) is 0 Å². The van der Waals surface area contributed by atoms with Crippen LogP contribution in [-0.4, -0.2) is 21.7 Å². The Bertz CT molecular complexity index is 421. The largest absolute Gasteiger partial charge is 0.444 e.